The minimum Gasteiger partial charge on any atom is -0.493 e. The molecule has 1 aromatic carbocycles. The van der Waals surface area contributed by atoms with Gasteiger partial charge in [-0.2, -0.15) is 0 Å². The molecule has 0 unspecified atom stereocenters. The van der Waals surface area contributed by atoms with Crippen LogP contribution in [-0.2, 0) is 6.54 Å². The number of ether oxygens (including phenoxy) is 2. The summed E-state index contributed by atoms with van der Waals surface area (Å²) >= 11 is 0. The molecule has 0 fully saturated rings. The molecule has 0 aliphatic heterocycles. The molecule has 0 saturated heterocycles. The monoisotopic (exact) mass is 282 g/mol. The van der Waals surface area contributed by atoms with Crippen LogP contribution >= 0.6 is 0 Å². The van der Waals surface area contributed by atoms with Crippen LogP contribution in [0.4, 0.5) is 0 Å². The molecule has 0 aliphatic carbocycles. The van der Waals surface area contributed by atoms with Gasteiger partial charge in [0.15, 0.2) is 11.5 Å². The second-order valence-corrected chi connectivity index (χ2v) is 4.65. The van der Waals surface area contributed by atoms with E-state index in [1.165, 1.54) is 0 Å². The third kappa shape index (κ3) is 6.23. The van der Waals surface area contributed by atoms with Gasteiger partial charge in [0.25, 0.3) is 0 Å². The van der Waals surface area contributed by atoms with Crippen molar-refractivity contribution in [1.29, 1.82) is 0 Å². The molecule has 5 heteroatoms. The molecule has 0 aromatic heterocycles. The molecule has 0 amide bonds. The first kappa shape index (κ1) is 16.8. The number of hydrogen-bond acceptors (Lipinski definition) is 5. The molecule has 20 heavy (non-hydrogen) atoms. The summed E-state index contributed by atoms with van der Waals surface area (Å²) in [7, 11) is 1.64. The highest BCUT2D eigenvalue weighted by Crippen LogP contribution is 2.27. The Kier molecular flexibility index (Phi) is 8.02. The van der Waals surface area contributed by atoms with E-state index in [0.29, 0.717) is 13.2 Å². The zero-order chi connectivity index (χ0) is 14.8. The van der Waals surface area contributed by atoms with Crippen LogP contribution in [0.5, 0.6) is 11.5 Å². The van der Waals surface area contributed by atoms with Crippen molar-refractivity contribution in [3.63, 3.8) is 0 Å². The van der Waals surface area contributed by atoms with Crippen LogP contribution in [0.15, 0.2) is 18.2 Å². The average Bonchev–Trinajstić information content (AvgIpc) is 2.43. The van der Waals surface area contributed by atoms with Gasteiger partial charge in [-0.15, -0.1) is 0 Å². The molecule has 5 nitrogen and oxygen atoms in total. The second-order valence-electron chi connectivity index (χ2n) is 4.65. The van der Waals surface area contributed by atoms with Crippen LogP contribution in [0.2, 0.25) is 0 Å². The van der Waals surface area contributed by atoms with E-state index in [9.17, 15) is 0 Å². The van der Waals surface area contributed by atoms with Gasteiger partial charge in [-0.25, -0.2) is 0 Å². The minimum atomic E-state index is -0.301. The molecule has 0 spiro atoms. The summed E-state index contributed by atoms with van der Waals surface area (Å²) in [6.07, 6.45) is -0.301. The molecule has 0 bridgehead atoms. The summed E-state index contributed by atoms with van der Waals surface area (Å²) < 4.78 is 10.8. The van der Waals surface area contributed by atoms with Crippen molar-refractivity contribution >= 4 is 0 Å². The summed E-state index contributed by atoms with van der Waals surface area (Å²) in [6.45, 7) is 7.43. The highest BCUT2D eigenvalue weighted by molar-refractivity contribution is 5.42. The first-order valence-corrected chi connectivity index (χ1v) is 7.06. The molecule has 0 radical (unpaired) electrons. The molecule has 1 aromatic rings. The lowest BCUT2D eigenvalue weighted by molar-refractivity contribution is 0.191. The highest BCUT2D eigenvalue weighted by atomic mass is 16.5. The molecule has 3 N–H and O–H groups in total. The number of hydrogen-bond donors (Lipinski definition) is 3. The lowest BCUT2D eigenvalue weighted by Gasteiger charge is -2.12. The summed E-state index contributed by atoms with van der Waals surface area (Å²) in [5.41, 5.74) is 1.16. The molecule has 0 saturated carbocycles. The van der Waals surface area contributed by atoms with Crippen LogP contribution in [0, 0.1) is 0 Å². The van der Waals surface area contributed by atoms with Crippen molar-refractivity contribution in [3.05, 3.63) is 23.8 Å². The van der Waals surface area contributed by atoms with E-state index >= 15 is 0 Å². The molecular formula is C15H26N2O3. The normalized spacial score (nSPS) is 12.2. The number of aliphatic hydroxyl groups is 1. The van der Waals surface area contributed by atoms with Crippen LogP contribution in [-0.4, -0.2) is 44.6 Å². The first-order valence-electron chi connectivity index (χ1n) is 7.06. The van der Waals surface area contributed by atoms with Crippen LogP contribution in [0.25, 0.3) is 0 Å². The third-order valence-electron chi connectivity index (χ3n) is 2.78. The van der Waals surface area contributed by atoms with Crippen LogP contribution < -0.4 is 20.1 Å². The molecule has 0 heterocycles. The van der Waals surface area contributed by atoms with E-state index in [1.54, 1.807) is 14.0 Å². The van der Waals surface area contributed by atoms with E-state index in [-0.39, 0.29) is 6.10 Å². The maximum absolute atomic E-state index is 9.11. The molecule has 114 valence electrons. The van der Waals surface area contributed by atoms with Gasteiger partial charge in [0.2, 0.25) is 0 Å². The first-order chi connectivity index (χ1) is 9.67. The number of rotatable bonds is 10. The van der Waals surface area contributed by atoms with Crippen molar-refractivity contribution in [1.82, 2.24) is 10.6 Å². The van der Waals surface area contributed by atoms with E-state index in [1.807, 2.05) is 25.1 Å². The molecular weight excluding hydrogens is 256 g/mol. The zero-order valence-electron chi connectivity index (χ0n) is 12.6. The Balaban J connectivity index is 2.34. The number of aliphatic hydroxyl groups excluding tert-OH is 1. The van der Waals surface area contributed by atoms with Gasteiger partial charge in [0.05, 0.1) is 19.8 Å². The maximum Gasteiger partial charge on any atom is 0.161 e. The number of nitrogens with one attached hydrogen (secondary N) is 2. The maximum atomic E-state index is 9.11. The Bertz CT molecular complexity index is 383. The third-order valence-corrected chi connectivity index (χ3v) is 2.78. The Morgan fingerprint density at radius 2 is 1.95 bits per heavy atom. The second kappa shape index (κ2) is 9.58. The van der Waals surface area contributed by atoms with Crippen molar-refractivity contribution in [3.8, 4) is 11.5 Å². The Labute approximate surface area is 121 Å². The lowest BCUT2D eigenvalue weighted by atomic mass is 10.2. The quantitative estimate of drug-likeness (QED) is 0.562. The summed E-state index contributed by atoms with van der Waals surface area (Å²) in [5, 5.41) is 15.6. The largest absolute Gasteiger partial charge is 0.493 e. The smallest absolute Gasteiger partial charge is 0.161 e. The van der Waals surface area contributed by atoms with E-state index in [2.05, 4.69) is 10.6 Å². The SMILES string of the molecule is CCOc1cc(CNCCNC[C@H](C)O)ccc1OC. The minimum absolute atomic E-state index is 0.301. The average molecular weight is 282 g/mol. The summed E-state index contributed by atoms with van der Waals surface area (Å²) in [5.74, 6) is 1.54. The predicted octanol–water partition coefficient (Wildman–Crippen LogP) is 1.15. The summed E-state index contributed by atoms with van der Waals surface area (Å²) in [4.78, 5) is 0. The molecule has 1 rings (SSSR count). The van der Waals surface area contributed by atoms with Crippen molar-refractivity contribution in [2.75, 3.05) is 33.4 Å². The Morgan fingerprint density at radius 1 is 1.20 bits per heavy atom. The zero-order valence-corrected chi connectivity index (χ0v) is 12.6. The van der Waals surface area contributed by atoms with Gasteiger partial charge >= 0.3 is 0 Å². The topological polar surface area (TPSA) is 62.8 Å². The number of methoxy groups -OCH3 is 1. The van der Waals surface area contributed by atoms with Crippen molar-refractivity contribution in [2.45, 2.75) is 26.5 Å². The van der Waals surface area contributed by atoms with Crippen molar-refractivity contribution < 1.29 is 14.6 Å². The van der Waals surface area contributed by atoms with Gasteiger partial charge in [-0.05, 0) is 31.5 Å². The van der Waals surface area contributed by atoms with Crippen LogP contribution in [0.3, 0.4) is 0 Å². The fourth-order valence-electron chi connectivity index (χ4n) is 1.82. The fourth-order valence-corrected chi connectivity index (χ4v) is 1.82. The lowest BCUT2D eigenvalue weighted by Crippen LogP contribution is -2.31. The van der Waals surface area contributed by atoms with Gasteiger partial charge < -0.3 is 25.2 Å². The summed E-state index contributed by atoms with van der Waals surface area (Å²) in [6, 6.07) is 5.95. The van der Waals surface area contributed by atoms with E-state index in [0.717, 1.165) is 36.7 Å². The highest BCUT2D eigenvalue weighted by Gasteiger charge is 2.04. The van der Waals surface area contributed by atoms with Gasteiger partial charge in [0, 0.05) is 26.2 Å². The van der Waals surface area contributed by atoms with Crippen molar-refractivity contribution in [2.24, 2.45) is 0 Å². The van der Waals surface area contributed by atoms with Gasteiger partial charge in [-0.1, -0.05) is 6.07 Å². The van der Waals surface area contributed by atoms with Gasteiger partial charge in [-0.3, -0.25) is 0 Å². The van der Waals surface area contributed by atoms with Crippen LogP contribution in [0.1, 0.15) is 19.4 Å². The standard InChI is InChI=1S/C15H26N2O3/c1-4-20-15-9-13(5-6-14(15)19-3)11-17-8-7-16-10-12(2)18/h5-6,9,12,16-18H,4,7-8,10-11H2,1-3H3/t12-/m0/s1. The Hall–Kier alpha value is -1.30. The Morgan fingerprint density at radius 3 is 2.60 bits per heavy atom. The predicted molar refractivity (Wildman–Crippen MR) is 80.4 cm³/mol. The number of benzene rings is 1. The van der Waals surface area contributed by atoms with E-state index in [4.69, 9.17) is 14.6 Å². The molecule has 0 aliphatic rings. The van der Waals surface area contributed by atoms with Gasteiger partial charge in [0.1, 0.15) is 0 Å². The van der Waals surface area contributed by atoms with E-state index < -0.39 is 0 Å². The fraction of sp³-hybridized carbons (Fsp3) is 0.600. The molecule has 1 atom stereocenters.